The van der Waals surface area contributed by atoms with E-state index in [0.29, 0.717) is 12.1 Å². The van der Waals surface area contributed by atoms with E-state index in [2.05, 4.69) is 103 Å². The summed E-state index contributed by atoms with van der Waals surface area (Å²) in [6.07, 6.45) is 2.87. The number of halogens is 1. The number of carbonyl (C=O) groups is 1. The average Bonchev–Trinajstić information content (AvgIpc) is 3.30. The fourth-order valence-corrected chi connectivity index (χ4v) is 5.48. The fourth-order valence-electron chi connectivity index (χ4n) is 5.30. The van der Waals surface area contributed by atoms with E-state index >= 15 is 0 Å². The number of benzene rings is 4. The molecule has 5 rings (SSSR count). The first-order valence-corrected chi connectivity index (χ1v) is 15.7. The second kappa shape index (κ2) is 15.6. The van der Waals surface area contributed by atoms with Crippen LogP contribution in [0, 0.1) is 5.92 Å². The topological polar surface area (TPSA) is 60.1 Å². The Labute approximate surface area is 261 Å². The maximum Gasteiger partial charge on any atom is 0.159 e. The third kappa shape index (κ3) is 8.16. The van der Waals surface area contributed by atoms with Crippen LogP contribution in [0.5, 0.6) is 0 Å². The van der Waals surface area contributed by atoms with Crippen molar-refractivity contribution in [3.63, 3.8) is 0 Å². The molecule has 0 aliphatic heterocycles. The number of anilines is 1. The second-order valence-electron chi connectivity index (χ2n) is 11.3. The van der Waals surface area contributed by atoms with Crippen molar-refractivity contribution in [2.24, 2.45) is 11.7 Å². The molecule has 0 spiro atoms. The summed E-state index contributed by atoms with van der Waals surface area (Å²) < 4.78 is 2.46. The summed E-state index contributed by atoms with van der Waals surface area (Å²) in [5, 5.41) is 5.41. The molecule has 0 amide bonds. The van der Waals surface area contributed by atoms with Gasteiger partial charge in [0.25, 0.3) is 0 Å². The van der Waals surface area contributed by atoms with Gasteiger partial charge in [-0.3, -0.25) is 4.79 Å². The molecule has 5 aromatic rings. The molecule has 5 heteroatoms. The van der Waals surface area contributed by atoms with Crippen molar-refractivity contribution in [3.8, 4) is 0 Å². The van der Waals surface area contributed by atoms with Crippen LogP contribution in [-0.4, -0.2) is 23.4 Å². The zero-order valence-corrected chi connectivity index (χ0v) is 26.6. The van der Waals surface area contributed by atoms with Crippen LogP contribution < -0.4 is 11.1 Å². The molecule has 4 nitrogen and oxygen atoms in total. The highest BCUT2D eigenvalue weighted by atomic mass is 35.5. The molecule has 0 aliphatic rings. The zero-order valence-electron chi connectivity index (χ0n) is 25.8. The Kier molecular flexibility index (Phi) is 11.6. The lowest BCUT2D eigenvalue weighted by Gasteiger charge is -2.25. The first-order chi connectivity index (χ1) is 20.8. The molecule has 43 heavy (non-hydrogen) atoms. The molecule has 224 valence electrons. The molecule has 0 radical (unpaired) electrons. The van der Waals surface area contributed by atoms with Crippen molar-refractivity contribution >= 4 is 34.0 Å². The van der Waals surface area contributed by atoms with Crippen LogP contribution in [0.3, 0.4) is 0 Å². The predicted octanol–water partition coefficient (Wildman–Crippen LogP) is 9.34. The number of Topliss-reactive ketones (excluding diaryl/α,β-unsaturated/α-hetero) is 1. The summed E-state index contributed by atoms with van der Waals surface area (Å²) in [6.45, 7) is 9.52. The minimum atomic E-state index is 0.00320. The van der Waals surface area contributed by atoms with Gasteiger partial charge in [-0.2, -0.15) is 0 Å². The molecular formula is C38H44ClN3O. The number of carbonyl (C=O) groups excluding carboxylic acids is 1. The molecule has 4 aromatic carbocycles. The quantitative estimate of drug-likeness (QED) is 0.150. The van der Waals surface area contributed by atoms with Gasteiger partial charge in [-0.1, -0.05) is 99.5 Å². The summed E-state index contributed by atoms with van der Waals surface area (Å²) in [5.74, 6) is 0.953. The molecule has 1 heterocycles. The van der Waals surface area contributed by atoms with Crippen LogP contribution in [0.4, 0.5) is 5.69 Å². The van der Waals surface area contributed by atoms with E-state index in [1.807, 2.05) is 30.3 Å². The molecule has 0 fully saturated rings. The molecular weight excluding hydrogens is 550 g/mol. The largest absolute Gasteiger partial charge is 0.385 e. The van der Waals surface area contributed by atoms with Gasteiger partial charge in [-0.05, 0) is 85.0 Å². The summed E-state index contributed by atoms with van der Waals surface area (Å²) >= 11 is 6.54. The summed E-state index contributed by atoms with van der Waals surface area (Å²) in [5.41, 5.74) is 14.0. The highest BCUT2D eigenvalue weighted by Gasteiger charge is 2.25. The maximum atomic E-state index is 11.6. The molecule has 0 saturated carbocycles. The monoisotopic (exact) mass is 593 g/mol. The molecule has 0 bridgehead atoms. The number of nitrogens with zero attached hydrogens (tertiary/aromatic N) is 1. The van der Waals surface area contributed by atoms with Crippen LogP contribution in [-0.2, 0) is 12.8 Å². The first-order valence-electron chi connectivity index (χ1n) is 15.3. The van der Waals surface area contributed by atoms with Crippen molar-refractivity contribution in [1.29, 1.82) is 0 Å². The van der Waals surface area contributed by atoms with Crippen molar-refractivity contribution in [2.75, 3.05) is 18.4 Å². The lowest BCUT2D eigenvalue weighted by Crippen LogP contribution is -2.18. The standard InChI is InChI=1S/C33H32ClN3O.C5H12/c1-23(38)24-12-15-28(16-13-24)36-21-19-29-30-22-27(34)14-17-31(30)37(32(29)18-20-35)33(25-8-4-2-5-9-25)26-10-6-3-7-11-26;1-4-5(2)3/h2-17,22,33,36H,18-21,35H2,1H3;5H,4H2,1-3H3. The van der Waals surface area contributed by atoms with Crippen LogP contribution >= 0.6 is 11.6 Å². The SMILES string of the molecule is CC(=O)c1ccc(NCCc2c(CCN)n(C(c3ccccc3)c3ccccc3)c3ccc(Cl)cc23)cc1.CCC(C)C. The highest BCUT2D eigenvalue weighted by Crippen LogP contribution is 2.37. The maximum absolute atomic E-state index is 11.6. The number of hydrogen-bond acceptors (Lipinski definition) is 3. The summed E-state index contributed by atoms with van der Waals surface area (Å²) in [4.78, 5) is 11.6. The van der Waals surface area contributed by atoms with Gasteiger partial charge < -0.3 is 15.6 Å². The van der Waals surface area contributed by atoms with Crippen LogP contribution in [0.25, 0.3) is 10.9 Å². The zero-order chi connectivity index (χ0) is 30.8. The molecule has 0 saturated heterocycles. The summed E-state index contributed by atoms with van der Waals surface area (Å²) in [7, 11) is 0. The van der Waals surface area contributed by atoms with E-state index in [4.69, 9.17) is 17.3 Å². The Morgan fingerprint density at radius 3 is 1.95 bits per heavy atom. The van der Waals surface area contributed by atoms with Crippen molar-refractivity contribution in [1.82, 2.24) is 4.57 Å². The number of ketones is 1. The number of hydrogen-bond donors (Lipinski definition) is 2. The van der Waals surface area contributed by atoms with Gasteiger partial charge in [-0.25, -0.2) is 0 Å². The van der Waals surface area contributed by atoms with Gasteiger partial charge in [0.05, 0.1) is 6.04 Å². The van der Waals surface area contributed by atoms with Gasteiger partial charge in [0.2, 0.25) is 0 Å². The number of aromatic nitrogens is 1. The Bertz CT molecular complexity index is 1550. The molecule has 0 aliphatic carbocycles. The number of nitrogens with two attached hydrogens (primary N) is 1. The number of fused-ring (bicyclic) bond motifs is 1. The van der Waals surface area contributed by atoms with Gasteiger partial charge in [0.1, 0.15) is 0 Å². The van der Waals surface area contributed by atoms with Gasteiger partial charge in [0, 0.05) is 45.8 Å². The van der Waals surface area contributed by atoms with E-state index in [0.717, 1.165) is 46.9 Å². The normalized spacial score (nSPS) is 11.1. The van der Waals surface area contributed by atoms with E-state index in [1.165, 1.54) is 28.8 Å². The fraction of sp³-hybridized carbons (Fsp3) is 0.289. The van der Waals surface area contributed by atoms with Gasteiger partial charge in [0.15, 0.2) is 5.78 Å². The van der Waals surface area contributed by atoms with Gasteiger partial charge >= 0.3 is 0 Å². The van der Waals surface area contributed by atoms with Crippen molar-refractivity contribution < 1.29 is 4.79 Å². The van der Waals surface area contributed by atoms with Crippen LogP contribution in [0.15, 0.2) is 103 Å². The Hall–Kier alpha value is -3.86. The van der Waals surface area contributed by atoms with E-state index < -0.39 is 0 Å². The molecule has 3 N–H and O–H groups in total. The minimum Gasteiger partial charge on any atom is -0.385 e. The average molecular weight is 594 g/mol. The van der Waals surface area contributed by atoms with Crippen LogP contribution in [0.1, 0.15) is 72.9 Å². The highest BCUT2D eigenvalue weighted by molar-refractivity contribution is 6.31. The Balaban J connectivity index is 0.000000782. The lowest BCUT2D eigenvalue weighted by molar-refractivity contribution is 0.101. The first kappa shape index (κ1) is 32.1. The second-order valence-corrected chi connectivity index (χ2v) is 11.8. The minimum absolute atomic E-state index is 0.00320. The molecule has 0 unspecified atom stereocenters. The summed E-state index contributed by atoms with van der Waals surface area (Å²) in [6, 6.07) is 35.1. The number of rotatable bonds is 11. The van der Waals surface area contributed by atoms with E-state index in [1.54, 1.807) is 6.92 Å². The van der Waals surface area contributed by atoms with E-state index in [-0.39, 0.29) is 11.8 Å². The Morgan fingerprint density at radius 1 is 0.860 bits per heavy atom. The lowest BCUT2D eigenvalue weighted by atomic mass is 9.97. The molecule has 0 atom stereocenters. The van der Waals surface area contributed by atoms with Crippen LogP contribution in [0.2, 0.25) is 5.02 Å². The van der Waals surface area contributed by atoms with Crippen molar-refractivity contribution in [3.05, 3.63) is 136 Å². The molecule has 1 aromatic heterocycles. The third-order valence-corrected chi connectivity index (χ3v) is 8.10. The van der Waals surface area contributed by atoms with Gasteiger partial charge in [-0.15, -0.1) is 0 Å². The smallest absolute Gasteiger partial charge is 0.159 e. The predicted molar refractivity (Wildman–Crippen MR) is 184 cm³/mol. The van der Waals surface area contributed by atoms with Crippen molar-refractivity contribution in [2.45, 2.75) is 53.0 Å². The Morgan fingerprint density at radius 2 is 1.44 bits per heavy atom. The van der Waals surface area contributed by atoms with E-state index in [9.17, 15) is 4.79 Å². The third-order valence-electron chi connectivity index (χ3n) is 7.86. The number of nitrogens with one attached hydrogen (secondary N) is 1.